The number of hydrogen-bond acceptors (Lipinski definition) is 3. The van der Waals surface area contributed by atoms with Crippen LogP contribution in [0, 0.1) is 5.82 Å². The molecule has 0 bridgehead atoms. The van der Waals surface area contributed by atoms with E-state index in [0.717, 1.165) is 11.0 Å². The lowest BCUT2D eigenvalue weighted by Gasteiger charge is -2.05. The molecule has 3 rings (SSSR count). The third-order valence-electron chi connectivity index (χ3n) is 2.84. The van der Waals surface area contributed by atoms with Crippen molar-refractivity contribution < 1.29 is 9.18 Å². The maximum absolute atomic E-state index is 12.8. The Bertz CT molecular complexity index is 751. The number of benzene rings is 2. The number of carbonyl (C=O) groups excluding carboxylic acids is 1. The molecule has 2 aromatic carbocycles. The number of carbonyl (C=O) groups is 1. The van der Waals surface area contributed by atoms with Crippen molar-refractivity contribution in [3.05, 3.63) is 54.3 Å². The zero-order valence-electron chi connectivity index (χ0n) is 10.5. The Balaban J connectivity index is 1.74. The molecule has 5 nitrogen and oxygen atoms in total. The van der Waals surface area contributed by atoms with E-state index in [2.05, 4.69) is 15.6 Å². The summed E-state index contributed by atoms with van der Waals surface area (Å²) in [6.45, 7) is 0.0535. The summed E-state index contributed by atoms with van der Waals surface area (Å²) >= 11 is 0. The first-order valence-corrected chi connectivity index (χ1v) is 6.06. The molecular weight excluding hydrogens is 259 g/mol. The normalized spacial score (nSPS) is 10.7. The lowest BCUT2D eigenvalue weighted by molar-refractivity contribution is -0.116. The highest BCUT2D eigenvalue weighted by Crippen LogP contribution is 2.11. The van der Waals surface area contributed by atoms with Crippen molar-refractivity contribution in [3.8, 4) is 0 Å². The van der Waals surface area contributed by atoms with Crippen LogP contribution in [-0.2, 0) is 11.3 Å². The third kappa shape index (κ3) is 2.49. The van der Waals surface area contributed by atoms with E-state index in [1.165, 1.54) is 28.9 Å². The Morgan fingerprint density at radius 2 is 1.90 bits per heavy atom. The second-order valence-corrected chi connectivity index (χ2v) is 4.29. The van der Waals surface area contributed by atoms with Gasteiger partial charge in [0.25, 0.3) is 0 Å². The number of nitrogens with one attached hydrogen (secondary N) is 1. The minimum absolute atomic E-state index is 0.0535. The molecule has 0 spiro atoms. The first-order chi connectivity index (χ1) is 9.72. The average Bonchev–Trinajstić information content (AvgIpc) is 2.85. The van der Waals surface area contributed by atoms with Crippen LogP contribution in [0.2, 0.25) is 0 Å². The maximum Gasteiger partial charge on any atom is 0.246 e. The molecule has 0 saturated carbocycles. The van der Waals surface area contributed by atoms with Gasteiger partial charge in [-0.25, -0.2) is 9.07 Å². The van der Waals surface area contributed by atoms with Crippen molar-refractivity contribution in [1.29, 1.82) is 0 Å². The Hall–Kier alpha value is -2.76. The number of rotatable bonds is 3. The van der Waals surface area contributed by atoms with E-state index in [-0.39, 0.29) is 18.3 Å². The molecule has 100 valence electrons. The third-order valence-corrected chi connectivity index (χ3v) is 2.84. The Labute approximate surface area is 114 Å². The minimum atomic E-state index is -0.342. The summed E-state index contributed by atoms with van der Waals surface area (Å²) < 4.78 is 14.3. The van der Waals surface area contributed by atoms with Crippen LogP contribution < -0.4 is 5.32 Å². The number of nitrogens with zero attached hydrogens (tertiary/aromatic N) is 3. The van der Waals surface area contributed by atoms with E-state index in [9.17, 15) is 9.18 Å². The van der Waals surface area contributed by atoms with E-state index >= 15 is 0 Å². The van der Waals surface area contributed by atoms with E-state index in [1.807, 2.05) is 24.3 Å². The molecular formula is C14H11FN4O. The first kappa shape index (κ1) is 12.3. The second kappa shape index (κ2) is 5.08. The largest absolute Gasteiger partial charge is 0.324 e. The summed E-state index contributed by atoms with van der Waals surface area (Å²) in [5.41, 5.74) is 2.07. The van der Waals surface area contributed by atoms with Gasteiger partial charge in [0.1, 0.15) is 17.9 Å². The standard InChI is InChI=1S/C14H11FN4O/c15-10-5-7-11(8-6-10)16-14(20)9-19-13-4-2-1-3-12(13)17-18-19/h1-8H,9H2,(H,16,20). The minimum Gasteiger partial charge on any atom is -0.324 e. The number of halogens is 1. The van der Waals surface area contributed by atoms with E-state index < -0.39 is 0 Å². The van der Waals surface area contributed by atoms with Crippen LogP contribution in [0.5, 0.6) is 0 Å². The second-order valence-electron chi connectivity index (χ2n) is 4.29. The van der Waals surface area contributed by atoms with E-state index in [4.69, 9.17) is 0 Å². The zero-order valence-corrected chi connectivity index (χ0v) is 10.5. The average molecular weight is 270 g/mol. The quantitative estimate of drug-likeness (QED) is 0.793. The van der Waals surface area contributed by atoms with Crippen LogP contribution in [0.15, 0.2) is 48.5 Å². The highest BCUT2D eigenvalue weighted by Gasteiger charge is 2.08. The molecule has 1 heterocycles. The Morgan fingerprint density at radius 1 is 1.15 bits per heavy atom. The molecule has 0 aliphatic carbocycles. The van der Waals surface area contributed by atoms with E-state index in [1.54, 1.807) is 0 Å². The molecule has 0 aliphatic rings. The molecule has 1 amide bonds. The fourth-order valence-electron chi connectivity index (χ4n) is 1.90. The van der Waals surface area contributed by atoms with Gasteiger partial charge in [-0.3, -0.25) is 4.79 Å². The van der Waals surface area contributed by atoms with Gasteiger partial charge >= 0.3 is 0 Å². The van der Waals surface area contributed by atoms with E-state index in [0.29, 0.717) is 5.69 Å². The van der Waals surface area contributed by atoms with Crippen molar-refractivity contribution in [2.75, 3.05) is 5.32 Å². The van der Waals surface area contributed by atoms with Gasteiger partial charge in [0.05, 0.1) is 5.52 Å². The predicted octanol–water partition coefficient (Wildman–Crippen LogP) is 2.21. The topological polar surface area (TPSA) is 59.8 Å². The van der Waals surface area contributed by atoms with Gasteiger partial charge < -0.3 is 5.32 Å². The number of aromatic nitrogens is 3. The predicted molar refractivity (Wildman–Crippen MR) is 72.6 cm³/mol. The Kier molecular flexibility index (Phi) is 3.12. The summed E-state index contributed by atoms with van der Waals surface area (Å²) in [5, 5.41) is 10.6. The summed E-state index contributed by atoms with van der Waals surface area (Å²) in [5.74, 6) is -0.586. The molecule has 0 unspecified atom stereocenters. The van der Waals surface area contributed by atoms with Crippen molar-refractivity contribution in [2.45, 2.75) is 6.54 Å². The maximum atomic E-state index is 12.8. The fraction of sp³-hybridized carbons (Fsp3) is 0.0714. The lowest BCUT2D eigenvalue weighted by atomic mass is 10.3. The van der Waals surface area contributed by atoms with Gasteiger partial charge in [-0.15, -0.1) is 5.10 Å². The molecule has 1 aromatic heterocycles. The van der Waals surface area contributed by atoms with Crippen molar-refractivity contribution in [2.24, 2.45) is 0 Å². The summed E-state index contributed by atoms with van der Waals surface area (Å²) in [4.78, 5) is 11.9. The summed E-state index contributed by atoms with van der Waals surface area (Å²) in [6.07, 6.45) is 0. The number of amides is 1. The number of anilines is 1. The monoisotopic (exact) mass is 270 g/mol. The smallest absolute Gasteiger partial charge is 0.246 e. The molecule has 20 heavy (non-hydrogen) atoms. The van der Waals surface area contributed by atoms with Gasteiger partial charge in [-0.1, -0.05) is 17.3 Å². The highest BCUT2D eigenvalue weighted by molar-refractivity contribution is 5.91. The van der Waals surface area contributed by atoms with Crippen LogP contribution in [0.25, 0.3) is 11.0 Å². The molecule has 1 N–H and O–H groups in total. The molecule has 0 fully saturated rings. The fourth-order valence-corrected chi connectivity index (χ4v) is 1.90. The van der Waals surface area contributed by atoms with Crippen molar-refractivity contribution >= 4 is 22.6 Å². The summed E-state index contributed by atoms with van der Waals surface area (Å²) in [7, 11) is 0. The molecule has 0 atom stereocenters. The van der Waals surface area contributed by atoms with Gasteiger partial charge in [0.15, 0.2) is 0 Å². The van der Waals surface area contributed by atoms with Crippen LogP contribution in [0.1, 0.15) is 0 Å². The molecule has 0 saturated heterocycles. The number of fused-ring (bicyclic) bond motifs is 1. The van der Waals surface area contributed by atoms with Gasteiger partial charge in [-0.2, -0.15) is 0 Å². The molecule has 0 radical (unpaired) electrons. The number of para-hydroxylation sites is 1. The Morgan fingerprint density at radius 3 is 2.70 bits per heavy atom. The molecule has 0 aliphatic heterocycles. The molecule has 6 heteroatoms. The van der Waals surface area contributed by atoms with Gasteiger partial charge in [-0.05, 0) is 36.4 Å². The molecule has 3 aromatic rings. The lowest BCUT2D eigenvalue weighted by Crippen LogP contribution is -2.19. The van der Waals surface area contributed by atoms with Gasteiger partial charge in [0, 0.05) is 5.69 Å². The van der Waals surface area contributed by atoms with Crippen molar-refractivity contribution in [3.63, 3.8) is 0 Å². The highest BCUT2D eigenvalue weighted by atomic mass is 19.1. The van der Waals surface area contributed by atoms with Crippen LogP contribution >= 0.6 is 0 Å². The zero-order chi connectivity index (χ0) is 13.9. The van der Waals surface area contributed by atoms with Crippen molar-refractivity contribution in [1.82, 2.24) is 15.0 Å². The van der Waals surface area contributed by atoms with Gasteiger partial charge in [0.2, 0.25) is 5.91 Å². The van der Waals surface area contributed by atoms with Crippen LogP contribution in [-0.4, -0.2) is 20.9 Å². The van der Waals surface area contributed by atoms with Crippen LogP contribution in [0.3, 0.4) is 0 Å². The SMILES string of the molecule is O=C(Cn1nnc2ccccc21)Nc1ccc(F)cc1. The van der Waals surface area contributed by atoms with Crippen LogP contribution in [0.4, 0.5) is 10.1 Å². The summed E-state index contributed by atoms with van der Waals surface area (Å²) in [6, 6.07) is 13.0. The first-order valence-electron chi connectivity index (χ1n) is 6.06. The number of hydrogen-bond donors (Lipinski definition) is 1.